The Balaban J connectivity index is 1.82. The molecule has 1 aromatic carbocycles. The van der Waals surface area contributed by atoms with Crippen molar-refractivity contribution in [3.63, 3.8) is 0 Å². The number of carbonyl (C=O) groups excluding carboxylic acids is 2. The Morgan fingerprint density at radius 2 is 1.95 bits per heavy atom. The minimum atomic E-state index is -0.558. The predicted octanol–water partition coefficient (Wildman–Crippen LogP) is 3.35. The third kappa shape index (κ3) is 4.70. The number of carbonyl (C=O) groups is 2. The second kappa shape index (κ2) is 7.01. The molecule has 0 aliphatic heterocycles. The van der Waals surface area contributed by atoms with Gasteiger partial charge in [-0.25, -0.2) is 4.79 Å². The van der Waals surface area contributed by atoms with Crippen LogP contribution in [0.2, 0.25) is 10.0 Å². The van der Waals surface area contributed by atoms with E-state index in [-0.39, 0.29) is 12.4 Å². The molecule has 2 rings (SSSR count). The van der Waals surface area contributed by atoms with Crippen LogP contribution in [0, 0.1) is 0 Å². The molecule has 0 unspecified atom stereocenters. The summed E-state index contributed by atoms with van der Waals surface area (Å²) in [5.74, 6) is -0.153. The summed E-state index contributed by atoms with van der Waals surface area (Å²) < 4.78 is 4.93. The predicted molar refractivity (Wildman–Crippen MR) is 80.8 cm³/mol. The van der Waals surface area contributed by atoms with Gasteiger partial charge in [0, 0.05) is 11.1 Å². The molecule has 0 radical (unpaired) electrons. The van der Waals surface area contributed by atoms with Crippen LogP contribution in [0.25, 0.3) is 0 Å². The largest absolute Gasteiger partial charge is 0.449 e. The van der Waals surface area contributed by atoms with E-state index >= 15 is 0 Å². The topological polar surface area (TPSA) is 83.4 Å². The first-order valence-electron chi connectivity index (χ1n) is 5.88. The van der Waals surface area contributed by atoms with Gasteiger partial charge in [0.15, 0.2) is 0 Å². The molecule has 0 spiro atoms. The van der Waals surface area contributed by atoms with Crippen LogP contribution in [0.5, 0.6) is 0 Å². The standard InChI is InChI=1S/C13H11Cl2N3O3/c14-8-3-4-9(15)10(6-8)17-11(19)7-16-13(20)18-12-2-1-5-21-12/h1-6H,7H2,(H,17,19)(H2,16,18,20). The number of amides is 3. The summed E-state index contributed by atoms with van der Waals surface area (Å²) in [4.78, 5) is 23.2. The smallest absolute Gasteiger partial charge is 0.322 e. The Hall–Kier alpha value is -2.18. The molecular formula is C13H11Cl2N3O3. The molecule has 0 aliphatic carbocycles. The normalized spacial score (nSPS) is 10.0. The van der Waals surface area contributed by atoms with Crippen LogP contribution >= 0.6 is 23.2 Å². The molecule has 21 heavy (non-hydrogen) atoms. The zero-order chi connectivity index (χ0) is 15.2. The number of anilines is 2. The van der Waals surface area contributed by atoms with Crippen molar-refractivity contribution in [2.75, 3.05) is 17.2 Å². The lowest BCUT2D eigenvalue weighted by Gasteiger charge is -2.08. The van der Waals surface area contributed by atoms with Crippen molar-refractivity contribution in [2.45, 2.75) is 0 Å². The lowest BCUT2D eigenvalue weighted by atomic mass is 10.3. The molecular weight excluding hydrogens is 317 g/mol. The number of hydrogen-bond acceptors (Lipinski definition) is 3. The maximum absolute atomic E-state index is 11.7. The molecule has 8 heteroatoms. The van der Waals surface area contributed by atoms with Crippen LogP contribution < -0.4 is 16.0 Å². The molecule has 2 aromatic rings. The van der Waals surface area contributed by atoms with E-state index in [1.165, 1.54) is 12.3 Å². The maximum Gasteiger partial charge on any atom is 0.322 e. The number of hydrogen-bond donors (Lipinski definition) is 3. The van der Waals surface area contributed by atoms with Crippen LogP contribution in [-0.4, -0.2) is 18.5 Å². The summed E-state index contributed by atoms with van der Waals surface area (Å²) in [5, 5.41) is 8.14. The van der Waals surface area contributed by atoms with Crippen LogP contribution in [0.15, 0.2) is 41.0 Å². The Morgan fingerprint density at radius 3 is 2.67 bits per heavy atom. The molecule has 3 N–H and O–H groups in total. The van der Waals surface area contributed by atoms with Gasteiger partial charge in [-0.3, -0.25) is 10.1 Å². The van der Waals surface area contributed by atoms with Crippen LogP contribution in [0.3, 0.4) is 0 Å². The summed E-state index contributed by atoms with van der Waals surface area (Å²) in [6.07, 6.45) is 1.42. The highest BCUT2D eigenvalue weighted by Crippen LogP contribution is 2.25. The molecule has 110 valence electrons. The molecule has 0 saturated carbocycles. The molecule has 1 heterocycles. The van der Waals surface area contributed by atoms with Crippen molar-refractivity contribution in [3.8, 4) is 0 Å². The Morgan fingerprint density at radius 1 is 1.14 bits per heavy atom. The number of benzene rings is 1. The molecule has 3 amide bonds. The van der Waals surface area contributed by atoms with Crippen molar-refractivity contribution < 1.29 is 14.0 Å². The highest BCUT2D eigenvalue weighted by Gasteiger charge is 2.09. The second-order valence-corrected chi connectivity index (χ2v) is 4.80. The third-order valence-corrected chi connectivity index (χ3v) is 2.93. The summed E-state index contributed by atoms with van der Waals surface area (Å²) in [6.45, 7) is -0.227. The highest BCUT2D eigenvalue weighted by atomic mass is 35.5. The fraction of sp³-hybridized carbons (Fsp3) is 0.0769. The van der Waals surface area contributed by atoms with E-state index in [2.05, 4.69) is 16.0 Å². The number of nitrogens with one attached hydrogen (secondary N) is 3. The van der Waals surface area contributed by atoms with Crippen molar-refractivity contribution in [1.82, 2.24) is 5.32 Å². The van der Waals surface area contributed by atoms with Gasteiger partial charge in [-0.2, -0.15) is 0 Å². The molecule has 0 saturated heterocycles. The van der Waals surface area contributed by atoms with Crippen molar-refractivity contribution in [1.29, 1.82) is 0 Å². The Kier molecular flexibility index (Phi) is 5.08. The minimum Gasteiger partial charge on any atom is -0.449 e. The van der Waals surface area contributed by atoms with E-state index in [1.54, 1.807) is 24.3 Å². The summed E-state index contributed by atoms with van der Waals surface area (Å²) >= 11 is 11.7. The first-order valence-corrected chi connectivity index (χ1v) is 6.63. The zero-order valence-electron chi connectivity index (χ0n) is 10.7. The lowest BCUT2D eigenvalue weighted by Crippen LogP contribution is -2.35. The van der Waals surface area contributed by atoms with Gasteiger partial charge in [0.1, 0.15) is 0 Å². The van der Waals surface area contributed by atoms with Gasteiger partial charge in [0.2, 0.25) is 11.8 Å². The fourth-order valence-electron chi connectivity index (χ4n) is 1.45. The first-order chi connectivity index (χ1) is 10.0. The summed E-state index contributed by atoms with van der Waals surface area (Å²) in [7, 11) is 0. The Bertz CT molecular complexity index is 644. The van der Waals surface area contributed by atoms with Crippen LogP contribution in [0.1, 0.15) is 0 Å². The molecule has 0 atom stereocenters. The summed E-state index contributed by atoms with van der Waals surface area (Å²) in [6, 6.07) is 7.34. The molecule has 1 aromatic heterocycles. The number of rotatable bonds is 4. The zero-order valence-corrected chi connectivity index (χ0v) is 12.2. The number of urea groups is 1. The SMILES string of the molecule is O=C(CNC(=O)Nc1ccco1)Nc1cc(Cl)ccc1Cl. The van der Waals surface area contributed by atoms with Gasteiger partial charge >= 0.3 is 6.03 Å². The molecule has 0 aliphatic rings. The third-order valence-electron chi connectivity index (χ3n) is 2.37. The lowest BCUT2D eigenvalue weighted by molar-refractivity contribution is -0.115. The molecule has 0 fully saturated rings. The van der Waals surface area contributed by atoms with E-state index in [9.17, 15) is 9.59 Å². The van der Waals surface area contributed by atoms with Crippen molar-refractivity contribution in [3.05, 3.63) is 46.6 Å². The van der Waals surface area contributed by atoms with Gasteiger partial charge in [0.05, 0.1) is 23.5 Å². The van der Waals surface area contributed by atoms with Gasteiger partial charge in [-0.05, 0) is 24.3 Å². The van der Waals surface area contributed by atoms with Gasteiger partial charge < -0.3 is 15.1 Å². The Labute approximate surface area is 130 Å². The van der Waals surface area contributed by atoms with Gasteiger partial charge in [0.25, 0.3) is 0 Å². The van der Waals surface area contributed by atoms with E-state index in [4.69, 9.17) is 27.6 Å². The van der Waals surface area contributed by atoms with Crippen LogP contribution in [-0.2, 0) is 4.79 Å². The molecule has 6 nitrogen and oxygen atoms in total. The monoisotopic (exact) mass is 327 g/mol. The fourth-order valence-corrected chi connectivity index (χ4v) is 1.79. The van der Waals surface area contributed by atoms with E-state index in [0.717, 1.165) is 0 Å². The average molecular weight is 328 g/mol. The average Bonchev–Trinajstić information content (AvgIpc) is 2.93. The second-order valence-electron chi connectivity index (χ2n) is 3.96. The number of furan rings is 1. The van der Waals surface area contributed by atoms with Crippen molar-refractivity contribution >= 4 is 46.7 Å². The summed E-state index contributed by atoms with van der Waals surface area (Å²) in [5.41, 5.74) is 0.377. The number of halogens is 2. The van der Waals surface area contributed by atoms with Gasteiger partial charge in [-0.1, -0.05) is 23.2 Å². The minimum absolute atomic E-state index is 0.227. The van der Waals surface area contributed by atoms with E-state index < -0.39 is 11.9 Å². The highest BCUT2D eigenvalue weighted by molar-refractivity contribution is 6.35. The maximum atomic E-state index is 11.7. The van der Waals surface area contributed by atoms with Gasteiger partial charge in [-0.15, -0.1) is 0 Å². The van der Waals surface area contributed by atoms with E-state index in [0.29, 0.717) is 15.7 Å². The van der Waals surface area contributed by atoms with E-state index in [1.807, 2.05) is 0 Å². The first kappa shape index (κ1) is 15.2. The molecule has 0 bridgehead atoms. The van der Waals surface area contributed by atoms with Crippen LogP contribution in [0.4, 0.5) is 16.4 Å². The van der Waals surface area contributed by atoms with Crippen molar-refractivity contribution in [2.24, 2.45) is 0 Å². The quantitative estimate of drug-likeness (QED) is 0.805.